The minimum atomic E-state index is -0.110. The first-order valence-electron chi connectivity index (χ1n) is 3.89. The number of rotatable bonds is 1. The molecule has 2 aromatic rings. The number of pyridine rings is 2. The molecule has 66 valence electrons. The van der Waals surface area contributed by atoms with E-state index in [1.165, 1.54) is 0 Å². The van der Waals surface area contributed by atoms with Crippen molar-refractivity contribution in [1.29, 1.82) is 0 Å². The molecule has 0 aliphatic carbocycles. The highest BCUT2D eigenvalue weighted by molar-refractivity contribution is 7.79. The second-order valence-corrected chi connectivity index (χ2v) is 3.04. The van der Waals surface area contributed by atoms with Crippen LogP contribution in [0.25, 0.3) is 11.0 Å². The molecule has 0 aliphatic heterocycles. The molecule has 0 bridgehead atoms. The lowest BCUT2D eigenvalue weighted by Gasteiger charge is -1.98. The quantitative estimate of drug-likeness (QED) is 0.670. The highest BCUT2D eigenvalue weighted by atomic mass is 32.1. The molecular formula is C9H8N2OS. The Balaban J connectivity index is 2.81. The van der Waals surface area contributed by atoms with Gasteiger partial charge in [0.25, 0.3) is 5.56 Å². The van der Waals surface area contributed by atoms with Crippen molar-refractivity contribution >= 4 is 23.7 Å². The maximum absolute atomic E-state index is 11.3. The second kappa shape index (κ2) is 3.22. The molecule has 0 fully saturated rings. The van der Waals surface area contributed by atoms with E-state index in [0.29, 0.717) is 17.0 Å². The number of aromatic amines is 1. The largest absolute Gasteiger partial charge is 0.306 e. The molecule has 0 atom stereocenters. The molecule has 0 unspecified atom stereocenters. The van der Waals surface area contributed by atoms with E-state index in [4.69, 9.17) is 0 Å². The van der Waals surface area contributed by atoms with Crippen molar-refractivity contribution in [3.8, 4) is 0 Å². The summed E-state index contributed by atoms with van der Waals surface area (Å²) in [6.07, 6.45) is 1.65. The van der Waals surface area contributed by atoms with E-state index in [9.17, 15) is 4.79 Å². The van der Waals surface area contributed by atoms with Gasteiger partial charge in [0, 0.05) is 22.9 Å². The zero-order valence-corrected chi connectivity index (χ0v) is 7.71. The Bertz CT molecular complexity index is 492. The molecule has 0 radical (unpaired) electrons. The van der Waals surface area contributed by atoms with Crippen LogP contribution >= 0.6 is 12.6 Å². The number of aromatic nitrogens is 2. The van der Waals surface area contributed by atoms with Crippen molar-refractivity contribution in [2.45, 2.75) is 5.75 Å². The van der Waals surface area contributed by atoms with Crippen LogP contribution in [0.5, 0.6) is 0 Å². The summed E-state index contributed by atoms with van der Waals surface area (Å²) in [6, 6.07) is 5.56. The monoisotopic (exact) mass is 192 g/mol. The molecule has 4 heteroatoms. The molecule has 1 N–H and O–H groups in total. The molecule has 0 aromatic carbocycles. The van der Waals surface area contributed by atoms with Crippen LogP contribution in [-0.4, -0.2) is 9.97 Å². The standard InChI is InChI=1S/C9H8N2OS/c12-9-7(5-13)4-6-2-1-3-10-8(6)11-9/h1-4,13H,5H2,(H,10,11,12). The summed E-state index contributed by atoms with van der Waals surface area (Å²) in [5.74, 6) is 0.445. The fourth-order valence-electron chi connectivity index (χ4n) is 1.20. The summed E-state index contributed by atoms with van der Waals surface area (Å²) in [5, 5.41) is 0.936. The summed E-state index contributed by atoms with van der Waals surface area (Å²) in [6.45, 7) is 0. The van der Waals surface area contributed by atoms with E-state index < -0.39 is 0 Å². The van der Waals surface area contributed by atoms with Gasteiger partial charge in [0.05, 0.1) is 0 Å². The summed E-state index contributed by atoms with van der Waals surface area (Å²) in [4.78, 5) is 18.1. The van der Waals surface area contributed by atoms with Gasteiger partial charge in [0.2, 0.25) is 0 Å². The van der Waals surface area contributed by atoms with Crippen molar-refractivity contribution in [2.75, 3.05) is 0 Å². The van der Waals surface area contributed by atoms with Crippen LogP contribution in [0.15, 0.2) is 29.2 Å². The summed E-state index contributed by atoms with van der Waals surface area (Å²) in [5.41, 5.74) is 1.18. The van der Waals surface area contributed by atoms with Crippen LogP contribution in [0, 0.1) is 0 Å². The molecule has 0 spiro atoms. The highest BCUT2D eigenvalue weighted by Crippen LogP contribution is 2.08. The van der Waals surface area contributed by atoms with Crippen LogP contribution in [-0.2, 0) is 5.75 Å². The second-order valence-electron chi connectivity index (χ2n) is 2.72. The SMILES string of the molecule is O=c1[nH]c2ncccc2cc1CS. The molecule has 0 saturated heterocycles. The lowest BCUT2D eigenvalue weighted by atomic mass is 10.2. The summed E-state index contributed by atoms with van der Waals surface area (Å²) in [7, 11) is 0. The minimum Gasteiger partial charge on any atom is -0.306 e. The number of nitrogens with zero attached hydrogens (tertiary/aromatic N) is 1. The Morgan fingerprint density at radius 2 is 2.38 bits per heavy atom. The highest BCUT2D eigenvalue weighted by Gasteiger charge is 2.00. The maximum atomic E-state index is 11.3. The number of hydrogen-bond donors (Lipinski definition) is 2. The van der Waals surface area contributed by atoms with Gasteiger partial charge in [-0.1, -0.05) is 0 Å². The molecule has 2 aromatic heterocycles. The number of nitrogens with one attached hydrogen (secondary N) is 1. The topological polar surface area (TPSA) is 45.8 Å². The fourth-order valence-corrected chi connectivity index (χ4v) is 1.43. The third kappa shape index (κ3) is 1.45. The molecule has 0 aliphatic rings. The lowest BCUT2D eigenvalue weighted by Crippen LogP contribution is -2.11. The Kier molecular flexibility index (Phi) is 2.06. The van der Waals surface area contributed by atoms with Gasteiger partial charge in [-0.05, 0) is 18.2 Å². The number of H-pyrrole nitrogens is 1. The van der Waals surface area contributed by atoms with E-state index in [1.54, 1.807) is 6.20 Å². The predicted molar refractivity (Wildman–Crippen MR) is 55.1 cm³/mol. The average molecular weight is 192 g/mol. The number of hydrogen-bond acceptors (Lipinski definition) is 3. The zero-order chi connectivity index (χ0) is 9.26. The van der Waals surface area contributed by atoms with Crippen LogP contribution in [0.2, 0.25) is 0 Å². The minimum absolute atomic E-state index is 0.110. The smallest absolute Gasteiger partial charge is 0.253 e. The van der Waals surface area contributed by atoms with E-state index in [2.05, 4.69) is 22.6 Å². The van der Waals surface area contributed by atoms with Crippen molar-refractivity contribution in [1.82, 2.24) is 9.97 Å². The molecular weight excluding hydrogens is 184 g/mol. The molecule has 0 amide bonds. The van der Waals surface area contributed by atoms with Crippen molar-refractivity contribution in [2.24, 2.45) is 0 Å². The van der Waals surface area contributed by atoms with Gasteiger partial charge in [-0.3, -0.25) is 4.79 Å². The van der Waals surface area contributed by atoms with Crippen molar-refractivity contribution in [3.63, 3.8) is 0 Å². The summed E-state index contributed by atoms with van der Waals surface area (Å²) < 4.78 is 0. The first-order valence-corrected chi connectivity index (χ1v) is 4.52. The van der Waals surface area contributed by atoms with E-state index in [1.807, 2.05) is 18.2 Å². The fraction of sp³-hybridized carbons (Fsp3) is 0.111. The Labute approximate surface area is 80.2 Å². The third-order valence-electron chi connectivity index (χ3n) is 1.86. The van der Waals surface area contributed by atoms with Gasteiger partial charge in [0.1, 0.15) is 5.65 Å². The van der Waals surface area contributed by atoms with E-state index in [-0.39, 0.29) is 5.56 Å². The Hall–Kier alpha value is -1.29. The average Bonchev–Trinajstić information content (AvgIpc) is 2.17. The number of fused-ring (bicyclic) bond motifs is 1. The Morgan fingerprint density at radius 1 is 1.54 bits per heavy atom. The maximum Gasteiger partial charge on any atom is 0.253 e. The van der Waals surface area contributed by atoms with Gasteiger partial charge in [-0.15, -0.1) is 0 Å². The van der Waals surface area contributed by atoms with Crippen molar-refractivity contribution < 1.29 is 0 Å². The van der Waals surface area contributed by atoms with Gasteiger partial charge in [-0.2, -0.15) is 12.6 Å². The molecule has 13 heavy (non-hydrogen) atoms. The predicted octanol–water partition coefficient (Wildman–Crippen LogP) is 1.35. The Morgan fingerprint density at radius 3 is 3.15 bits per heavy atom. The van der Waals surface area contributed by atoms with Gasteiger partial charge in [-0.25, -0.2) is 4.98 Å². The van der Waals surface area contributed by atoms with Crippen LogP contribution in [0.4, 0.5) is 0 Å². The first kappa shape index (κ1) is 8.31. The zero-order valence-electron chi connectivity index (χ0n) is 6.82. The van der Waals surface area contributed by atoms with Crippen molar-refractivity contribution in [3.05, 3.63) is 40.3 Å². The van der Waals surface area contributed by atoms with Crippen LogP contribution < -0.4 is 5.56 Å². The van der Waals surface area contributed by atoms with Crippen LogP contribution in [0.3, 0.4) is 0 Å². The molecule has 2 heterocycles. The lowest BCUT2D eigenvalue weighted by molar-refractivity contribution is 1.18. The van der Waals surface area contributed by atoms with E-state index >= 15 is 0 Å². The molecule has 0 saturated carbocycles. The van der Waals surface area contributed by atoms with Gasteiger partial charge >= 0.3 is 0 Å². The normalized spacial score (nSPS) is 10.5. The molecule has 3 nitrogen and oxygen atoms in total. The third-order valence-corrected chi connectivity index (χ3v) is 2.20. The number of thiol groups is 1. The molecule has 2 rings (SSSR count). The summed E-state index contributed by atoms with van der Waals surface area (Å²) >= 11 is 4.06. The van der Waals surface area contributed by atoms with Gasteiger partial charge in [0.15, 0.2) is 0 Å². The van der Waals surface area contributed by atoms with Crippen LogP contribution in [0.1, 0.15) is 5.56 Å². The van der Waals surface area contributed by atoms with Gasteiger partial charge < -0.3 is 4.98 Å². The van der Waals surface area contributed by atoms with E-state index in [0.717, 1.165) is 5.39 Å². The first-order chi connectivity index (χ1) is 6.31.